The predicted octanol–water partition coefficient (Wildman–Crippen LogP) is 19.5. The molecule has 0 aliphatic rings. The van der Waals surface area contributed by atoms with Gasteiger partial charge in [-0.2, -0.15) is 0 Å². The highest BCUT2D eigenvalue weighted by molar-refractivity contribution is 5.70. The lowest BCUT2D eigenvalue weighted by molar-refractivity contribution is -0.870. The Bertz CT molecular complexity index is 1390. The van der Waals surface area contributed by atoms with E-state index in [1.807, 2.05) is 21.1 Å². The summed E-state index contributed by atoms with van der Waals surface area (Å²) >= 11 is 0. The van der Waals surface area contributed by atoms with E-state index in [0.29, 0.717) is 23.9 Å². The zero-order valence-electron chi connectivity index (χ0n) is 53.0. The van der Waals surface area contributed by atoms with Gasteiger partial charge in [-0.25, -0.2) is 0 Å². The summed E-state index contributed by atoms with van der Waals surface area (Å²) in [5, 5.41) is 11.8. The highest BCUT2D eigenvalue weighted by Gasteiger charge is 2.22. The number of allylic oxidation sites excluding steroid dienone is 6. The summed E-state index contributed by atoms with van der Waals surface area (Å²) in [6.07, 6.45) is 73.7. The molecule has 9 nitrogen and oxygen atoms in total. The summed E-state index contributed by atoms with van der Waals surface area (Å²) in [7, 11) is 5.93. The minimum atomic E-state index is -1.62. The molecule has 79 heavy (non-hydrogen) atoms. The fraction of sp³-hybridized carbons (Fsp3) is 0.871. The molecule has 0 saturated heterocycles. The van der Waals surface area contributed by atoms with Gasteiger partial charge in [-0.1, -0.05) is 307 Å². The van der Waals surface area contributed by atoms with E-state index in [0.717, 1.165) is 57.8 Å². The second-order valence-corrected chi connectivity index (χ2v) is 24.5. The molecular formula is C70H131NO8. The van der Waals surface area contributed by atoms with Gasteiger partial charge in [-0.3, -0.25) is 9.59 Å². The minimum absolute atomic E-state index is 0.147. The molecule has 0 bridgehead atoms. The van der Waals surface area contributed by atoms with Crippen molar-refractivity contribution in [3.05, 3.63) is 36.5 Å². The fourth-order valence-corrected chi connectivity index (χ4v) is 10.1. The third-order valence-electron chi connectivity index (χ3n) is 15.4. The molecule has 0 rings (SSSR count). The zero-order chi connectivity index (χ0) is 57.6. The lowest BCUT2D eigenvalue weighted by atomic mass is 10.0. The van der Waals surface area contributed by atoms with Gasteiger partial charge in [0.25, 0.3) is 0 Å². The SMILES string of the molecule is CCCCCCC/C=C\C/C=C\C/C=C\CCCCCCCCCCC(=O)OC(COC(=O)CCCCCCCCCCCCCCCCCCCCCCCCCCCCCCCCC)COC(OCC[N+](C)(C)C)C(=O)[O-]. The predicted molar refractivity (Wildman–Crippen MR) is 334 cm³/mol. The van der Waals surface area contributed by atoms with E-state index in [-0.39, 0.29) is 32.2 Å². The third-order valence-corrected chi connectivity index (χ3v) is 15.4. The number of carbonyl (C=O) groups excluding carboxylic acids is 3. The van der Waals surface area contributed by atoms with Crippen LogP contribution in [0.25, 0.3) is 0 Å². The van der Waals surface area contributed by atoms with E-state index in [2.05, 4.69) is 50.3 Å². The van der Waals surface area contributed by atoms with Gasteiger partial charge in [0.1, 0.15) is 13.2 Å². The maximum absolute atomic E-state index is 12.9. The second-order valence-electron chi connectivity index (χ2n) is 24.5. The highest BCUT2D eigenvalue weighted by Crippen LogP contribution is 2.18. The summed E-state index contributed by atoms with van der Waals surface area (Å²) in [6.45, 7) is 4.79. The smallest absolute Gasteiger partial charge is 0.306 e. The number of likely N-dealkylation sites (N-methyl/N-ethyl adjacent to an activating group) is 1. The number of nitrogens with zero attached hydrogens (tertiary/aromatic N) is 1. The number of quaternary nitrogens is 1. The number of hydrogen-bond acceptors (Lipinski definition) is 8. The van der Waals surface area contributed by atoms with Crippen LogP contribution in [-0.4, -0.2) is 82.3 Å². The Balaban J connectivity index is 4.08. The van der Waals surface area contributed by atoms with Crippen molar-refractivity contribution in [2.24, 2.45) is 0 Å². The number of carboxylic acids is 1. The van der Waals surface area contributed by atoms with Crippen molar-refractivity contribution in [3.63, 3.8) is 0 Å². The Hall–Kier alpha value is -2.49. The van der Waals surface area contributed by atoms with Crippen LogP contribution >= 0.6 is 0 Å². The van der Waals surface area contributed by atoms with Gasteiger partial charge in [0, 0.05) is 12.8 Å². The maximum Gasteiger partial charge on any atom is 0.306 e. The van der Waals surface area contributed by atoms with Crippen molar-refractivity contribution in [2.45, 2.75) is 347 Å². The van der Waals surface area contributed by atoms with Crippen LogP contribution in [0.15, 0.2) is 36.5 Å². The molecule has 0 spiro atoms. The standard InChI is InChI=1S/C70H131NO8/c1-6-8-10-12-14-16-18-20-22-24-26-28-30-31-32-33-34-35-36-37-39-40-42-44-46-48-50-52-54-56-58-60-67(72)77-64-66(65-78-70(69(74)75)76-63-62-71(3,4)5)79-68(73)61-59-57-55-53-51-49-47-45-43-41-38-29-27-25-23-21-19-17-15-13-11-9-7-2/h19,21,25,27,38,41,66,70H,6-18,20,22-24,26,28-37,39-40,42-65H2,1-5H3/b21-19-,27-25-,41-38-. The average Bonchev–Trinajstić information content (AvgIpc) is 3.42. The number of carbonyl (C=O) groups is 3. The molecule has 464 valence electrons. The zero-order valence-corrected chi connectivity index (χ0v) is 53.0. The van der Waals surface area contributed by atoms with Crippen LogP contribution < -0.4 is 5.11 Å². The number of ether oxygens (including phenoxy) is 4. The molecule has 0 heterocycles. The van der Waals surface area contributed by atoms with Gasteiger partial charge in [-0.05, 0) is 51.4 Å². The molecule has 9 heteroatoms. The van der Waals surface area contributed by atoms with E-state index in [1.54, 1.807) is 0 Å². The topological polar surface area (TPSA) is 111 Å². The molecule has 0 saturated carbocycles. The lowest BCUT2D eigenvalue weighted by Gasteiger charge is -2.26. The van der Waals surface area contributed by atoms with Crippen LogP contribution in [0.3, 0.4) is 0 Å². The highest BCUT2D eigenvalue weighted by atomic mass is 16.7. The van der Waals surface area contributed by atoms with E-state index in [9.17, 15) is 19.5 Å². The van der Waals surface area contributed by atoms with Crippen molar-refractivity contribution in [1.29, 1.82) is 0 Å². The van der Waals surface area contributed by atoms with Crippen LogP contribution in [-0.2, 0) is 33.3 Å². The molecule has 0 N–H and O–H groups in total. The number of aliphatic carboxylic acids is 1. The number of rotatable bonds is 64. The van der Waals surface area contributed by atoms with Crippen LogP contribution in [0, 0.1) is 0 Å². The molecule has 0 fully saturated rings. The number of hydrogen-bond donors (Lipinski definition) is 0. The van der Waals surface area contributed by atoms with Crippen molar-refractivity contribution < 1.29 is 42.9 Å². The Labute approximate surface area is 490 Å². The molecule has 0 radical (unpaired) electrons. The number of carboxylic acid groups (broad SMARTS) is 1. The maximum atomic E-state index is 12.9. The molecule has 0 aliphatic carbocycles. The average molecular weight is 1110 g/mol. The molecular weight excluding hydrogens is 983 g/mol. The first-order chi connectivity index (χ1) is 38.6. The van der Waals surface area contributed by atoms with Gasteiger partial charge in [0.2, 0.25) is 0 Å². The number of esters is 2. The third kappa shape index (κ3) is 63.0. The molecule has 0 aromatic heterocycles. The van der Waals surface area contributed by atoms with Crippen LogP contribution in [0.2, 0.25) is 0 Å². The largest absolute Gasteiger partial charge is 0.545 e. The molecule has 2 atom stereocenters. The first-order valence-electron chi connectivity index (χ1n) is 34.1. The quantitative estimate of drug-likeness (QED) is 0.0195. The van der Waals surface area contributed by atoms with E-state index < -0.39 is 24.3 Å². The second kappa shape index (κ2) is 61.6. The van der Waals surface area contributed by atoms with Crippen LogP contribution in [0.4, 0.5) is 0 Å². The van der Waals surface area contributed by atoms with Crippen LogP contribution in [0.1, 0.15) is 335 Å². The van der Waals surface area contributed by atoms with Gasteiger partial charge < -0.3 is 33.3 Å². The summed E-state index contributed by atoms with van der Waals surface area (Å²) < 4.78 is 22.8. The fourth-order valence-electron chi connectivity index (χ4n) is 10.1. The van der Waals surface area contributed by atoms with Crippen molar-refractivity contribution >= 4 is 17.9 Å². The Morgan fingerprint density at radius 3 is 1.01 bits per heavy atom. The normalized spacial score (nSPS) is 12.9. The lowest BCUT2D eigenvalue weighted by Crippen LogP contribution is -2.44. The summed E-state index contributed by atoms with van der Waals surface area (Å²) in [4.78, 5) is 37.4. The molecule has 0 aliphatic heterocycles. The van der Waals surface area contributed by atoms with E-state index >= 15 is 0 Å². The minimum Gasteiger partial charge on any atom is -0.545 e. The Morgan fingerprint density at radius 1 is 0.380 bits per heavy atom. The summed E-state index contributed by atoms with van der Waals surface area (Å²) in [5.74, 6) is -2.27. The number of unbranched alkanes of at least 4 members (excludes halogenated alkanes) is 43. The van der Waals surface area contributed by atoms with Gasteiger partial charge >= 0.3 is 11.9 Å². The Morgan fingerprint density at radius 2 is 0.684 bits per heavy atom. The van der Waals surface area contributed by atoms with Crippen molar-refractivity contribution in [3.8, 4) is 0 Å². The molecule has 0 aromatic carbocycles. The van der Waals surface area contributed by atoms with E-state index in [4.69, 9.17) is 18.9 Å². The first kappa shape index (κ1) is 76.5. The van der Waals surface area contributed by atoms with Crippen LogP contribution in [0.5, 0.6) is 0 Å². The molecule has 0 amide bonds. The molecule has 0 aromatic rings. The van der Waals surface area contributed by atoms with Gasteiger partial charge in [-0.15, -0.1) is 0 Å². The summed E-state index contributed by atoms with van der Waals surface area (Å²) in [5.41, 5.74) is 0. The van der Waals surface area contributed by atoms with E-state index in [1.165, 1.54) is 244 Å². The van der Waals surface area contributed by atoms with Crippen molar-refractivity contribution in [2.75, 3.05) is 47.5 Å². The first-order valence-corrected chi connectivity index (χ1v) is 34.1. The Kier molecular flexibility index (Phi) is 59.6. The molecule has 2 unspecified atom stereocenters. The van der Waals surface area contributed by atoms with Gasteiger partial charge in [0.15, 0.2) is 12.4 Å². The monoisotopic (exact) mass is 1110 g/mol. The summed E-state index contributed by atoms with van der Waals surface area (Å²) in [6, 6.07) is 0. The van der Waals surface area contributed by atoms with Gasteiger partial charge in [0.05, 0.1) is 40.3 Å². The van der Waals surface area contributed by atoms with Crippen molar-refractivity contribution in [1.82, 2.24) is 0 Å².